The number of rotatable bonds is 7. The van der Waals surface area contributed by atoms with Crippen molar-refractivity contribution in [1.29, 1.82) is 0 Å². The Bertz CT molecular complexity index is 1200. The Hall–Kier alpha value is -3.13. The number of nitrogens with one attached hydrogen (secondary N) is 1. The van der Waals surface area contributed by atoms with Crippen molar-refractivity contribution in [2.24, 2.45) is 0 Å². The molecule has 0 fully saturated rings. The van der Waals surface area contributed by atoms with Crippen LogP contribution in [0.3, 0.4) is 0 Å². The Morgan fingerprint density at radius 2 is 1.87 bits per heavy atom. The van der Waals surface area contributed by atoms with Gasteiger partial charge in [0.1, 0.15) is 11.9 Å². The summed E-state index contributed by atoms with van der Waals surface area (Å²) in [4.78, 5) is 17.3. The molecule has 0 aliphatic rings. The van der Waals surface area contributed by atoms with Crippen molar-refractivity contribution < 1.29 is 13.2 Å². The summed E-state index contributed by atoms with van der Waals surface area (Å²) >= 11 is 0. The molecule has 0 bridgehead atoms. The van der Waals surface area contributed by atoms with Crippen molar-refractivity contribution in [1.82, 2.24) is 14.9 Å². The summed E-state index contributed by atoms with van der Waals surface area (Å²) in [6.07, 6.45) is 4.71. The highest BCUT2D eigenvalue weighted by molar-refractivity contribution is 7.92. The standard InChI is InChI=1S/C23H28N4O3S/c1-16-10-11-17(2)22(14-16)27(31(5,29)30)18(3)23(28)25-15-20-8-6-7-9-21(20)26-13-12-24-19(26)4/h6-14,18H,15H2,1-5H3,(H,25,28). The van der Waals surface area contributed by atoms with E-state index >= 15 is 0 Å². The molecule has 1 N–H and O–H groups in total. The van der Waals surface area contributed by atoms with Crippen molar-refractivity contribution in [3.63, 3.8) is 0 Å². The Morgan fingerprint density at radius 3 is 2.52 bits per heavy atom. The van der Waals surface area contributed by atoms with Gasteiger partial charge in [0.05, 0.1) is 17.6 Å². The molecule has 1 aromatic heterocycles. The van der Waals surface area contributed by atoms with Gasteiger partial charge in [-0.2, -0.15) is 0 Å². The molecule has 0 saturated heterocycles. The molecule has 0 aliphatic carbocycles. The zero-order valence-corrected chi connectivity index (χ0v) is 19.3. The van der Waals surface area contributed by atoms with Gasteiger partial charge < -0.3 is 9.88 Å². The molecule has 1 unspecified atom stereocenters. The van der Waals surface area contributed by atoms with Gasteiger partial charge in [0.25, 0.3) is 0 Å². The fourth-order valence-electron chi connectivity index (χ4n) is 3.60. The number of sulfonamides is 1. The van der Waals surface area contributed by atoms with Crippen LogP contribution >= 0.6 is 0 Å². The van der Waals surface area contributed by atoms with Gasteiger partial charge in [-0.1, -0.05) is 30.3 Å². The van der Waals surface area contributed by atoms with Crippen molar-refractivity contribution in [2.75, 3.05) is 10.6 Å². The molecule has 2 aromatic carbocycles. The number of carbonyl (C=O) groups is 1. The van der Waals surface area contributed by atoms with Crippen LogP contribution in [0, 0.1) is 20.8 Å². The lowest BCUT2D eigenvalue weighted by molar-refractivity contribution is -0.122. The highest BCUT2D eigenvalue weighted by Crippen LogP contribution is 2.26. The third-order valence-electron chi connectivity index (χ3n) is 5.22. The molecule has 1 heterocycles. The summed E-state index contributed by atoms with van der Waals surface area (Å²) in [6, 6.07) is 12.4. The summed E-state index contributed by atoms with van der Waals surface area (Å²) in [5.41, 5.74) is 4.05. The van der Waals surface area contributed by atoms with E-state index in [1.807, 2.05) is 67.9 Å². The Labute approximate surface area is 183 Å². The van der Waals surface area contributed by atoms with E-state index in [0.717, 1.165) is 34.5 Å². The minimum atomic E-state index is -3.67. The number of nitrogens with zero attached hydrogens (tertiary/aromatic N) is 3. The largest absolute Gasteiger partial charge is 0.350 e. The predicted octanol–water partition coefficient (Wildman–Crippen LogP) is 3.27. The van der Waals surface area contributed by atoms with Crippen LogP contribution in [0.5, 0.6) is 0 Å². The first-order chi connectivity index (χ1) is 14.6. The molecule has 8 heteroatoms. The molecule has 0 spiro atoms. The van der Waals surface area contributed by atoms with Gasteiger partial charge in [0.15, 0.2) is 0 Å². The number of aromatic nitrogens is 2. The molecule has 3 aromatic rings. The van der Waals surface area contributed by atoms with Crippen molar-refractivity contribution in [2.45, 2.75) is 40.3 Å². The fraction of sp³-hybridized carbons (Fsp3) is 0.304. The minimum absolute atomic E-state index is 0.265. The molecular weight excluding hydrogens is 412 g/mol. The number of amides is 1. The van der Waals surface area contributed by atoms with Gasteiger partial charge in [-0.15, -0.1) is 0 Å². The topological polar surface area (TPSA) is 84.3 Å². The summed E-state index contributed by atoms with van der Waals surface area (Å²) in [5, 5.41) is 2.90. The lowest BCUT2D eigenvalue weighted by Gasteiger charge is -2.30. The number of hydrogen-bond donors (Lipinski definition) is 1. The van der Waals surface area contributed by atoms with Crippen LogP contribution in [0.2, 0.25) is 0 Å². The molecule has 164 valence electrons. The van der Waals surface area contributed by atoms with Crippen LogP contribution < -0.4 is 9.62 Å². The van der Waals surface area contributed by atoms with Crippen LogP contribution in [0.1, 0.15) is 29.4 Å². The number of carbonyl (C=O) groups excluding carboxylic acids is 1. The highest BCUT2D eigenvalue weighted by atomic mass is 32.2. The van der Waals surface area contributed by atoms with Crippen molar-refractivity contribution in [3.8, 4) is 5.69 Å². The van der Waals surface area contributed by atoms with Crippen LogP contribution in [-0.4, -0.2) is 36.2 Å². The van der Waals surface area contributed by atoms with Gasteiger partial charge in [0.2, 0.25) is 15.9 Å². The molecule has 1 amide bonds. The predicted molar refractivity (Wildman–Crippen MR) is 123 cm³/mol. The second kappa shape index (κ2) is 8.93. The second-order valence-electron chi connectivity index (χ2n) is 7.72. The molecule has 0 saturated carbocycles. The van der Waals surface area contributed by atoms with E-state index in [0.29, 0.717) is 5.69 Å². The van der Waals surface area contributed by atoms with Crippen LogP contribution in [0.15, 0.2) is 54.9 Å². The number of anilines is 1. The number of aryl methyl sites for hydroxylation is 3. The molecule has 31 heavy (non-hydrogen) atoms. The van der Waals surface area contributed by atoms with Crippen molar-refractivity contribution in [3.05, 3.63) is 77.4 Å². The smallest absolute Gasteiger partial charge is 0.243 e. The number of para-hydroxylation sites is 1. The molecule has 0 aliphatic heterocycles. The summed E-state index contributed by atoms with van der Waals surface area (Å²) in [7, 11) is -3.67. The van der Waals surface area contributed by atoms with Gasteiger partial charge in [-0.05, 0) is 56.5 Å². The lowest BCUT2D eigenvalue weighted by atomic mass is 10.1. The molecule has 3 rings (SSSR count). The first-order valence-electron chi connectivity index (χ1n) is 10.0. The van der Waals surface area contributed by atoms with Gasteiger partial charge >= 0.3 is 0 Å². The average molecular weight is 441 g/mol. The maximum Gasteiger partial charge on any atom is 0.243 e. The van der Waals surface area contributed by atoms with Crippen LogP contribution in [0.25, 0.3) is 5.69 Å². The lowest BCUT2D eigenvalue weighted by Crippen LogP contribution is -2.48. The van der Waals surface area contributed by atoms with E-state index in [2.05, 4.69) is 10.3 Å². The van der Waals surface area contributed by atoms with Crippen LogP contribution in [0.4, 0.5) is 5.69 Å². The van der Waals surface area contributed by atoms with E-state index in [9.17, 15) is 13.2 Å². The highest BCUT2D eigenvalue weighted by Gasteiger charge is 2.30. The van der Waals surface area contributed by atoms with E-state index in [-0.39, 0.29) is 12.5 Å². The first kappa shape index (κ1) is 22.6. The minimum Gasteiger partial charge on any atom is -0.350 e. The van der Waals surface area contributed by atoms with E-state index in [1.165, 1.54) is 4.31 Å². The summed E-state index contributed by atoms with van der Waals surface area (Å²) < 4.78 is 28.3. The third-order valence-corrected chi connectivity index (χ3v) is 6.45. The maximum atomic E-state index is 13.0. The quantitative estimate of drug-likeness (QED) is 0.611. The zero-order valence-electron chi connectivity index (χ0n) is 18.5. The van der Waals surface area contributed by atoms with E-state index < -0.39 is 16.1 Å². The fourth-order valence-corrected chi connectivity index (χ4v) is 4.82. The van der Waals surface area contributed by atoms with E-state index in [4.69, 9.17) is 0 Å². The van der Waals surface area contributed by atoms with Gasteiger partial charge in [-0.3, -0.25) is 9.10 Å². The molecule has 0 radical (unpaired) electrons. The maximum absolute atomic E-state index is 13.0. The summed E-state index contributed by atoms with van der Waals surface area (Å²) in [6.45, 7) is 7.50. The monoisotopic (exact) mass is 440 g/mol. The zero-order chi connectivity index (χ0) is 22.8. The number of hydrogen-bond acceptors (Lipinski definition) is 4. The SMILES string of the molecule is Cc1ccc(C)c(N(C(C)C(=O)NCc2ccccc2-n2ccnc2C)S(C)(=O)=O)c1. The number of benzene rings is 2. The normalized spacial score (nSPS) is 12.4. The molecule has 7 nitrogen and oxygen atoms in total. The molecular formula is C23H28N4O3S. The number of imidazole rings is 1. The van der Waals surface area contributed by atoms with Crippen LogP contribution in [-0.2, 0) is 21.4 Å². The first-order valence-corrected chi connectivity index (χ1v) is 11.9. The van der Waals surface area contributed by atoms with E-state index in [1.54, 1.807) is 19.2 Å². The third kappa shape index (κ3) is 4.96. The Morgan fingerprint density at radius 1 is 1.16 bits per heavy atom. The van der Waals surface area contributed by atoms with Gasteiger partial charge in [0, 0.05) is 18.9 Å². The second-order valence-corrected chi connectivity index (χ2v) is 9.58. The molecule has 1 atom stereocenters. The average Bonchev–Trinajstić information content (AvgIpc) is 3.13. The van der Waals surface area contributed by atoms with Gasteiger partial charge in [-0.25, -0.2) is 13.4 Å². The summed E-state index contributed by atoms with van der Waals surface area (Å²) in [5.74, 6) is 0.466. The Balaban J connectivity index is 1.85. The Kier molecular flexibility index (Phi) is 6.50. The van der Waals surface area contributed by atoms with Crippen molar-refractivity contribution >= 4 is 21.6 Å².